The molecule has 5 heteroatoms. The summed E-state index contributed by atoms with van der Waals surface area (Å²) < 4.78 is 1.76. The smallest absolute Gasteiger partial charge is 0.197 e. The van der Waals surface area contributed by atoms with Gasteiger partial charge in [0.25, 0.3) is 0 Å². The van der Waals surface area contributed by atoms with Crippen molar-refractivity contribution in [3.63, 3.8) is 0 Å². The Balaban J connectivity index is 2.51. The van der Waals surface area contributed by atoms with Crippen LogP contribution in [0, 0.1) is 6.92 Å². The van der Waals surface area contributed by atoms with E-state index in [2.05, 4.69) is 15.2 Å². The van der Waals surface area contributed by atoms with Crippen LogP contribution < -0.4 is 0 Å². The molecule has 0 saturated heterocycles. The molecule has 2 heterocycles. The first-order valence-corrected chi connectivity index (χ1v) is 4.22. The van der Waals surface area contributed by atoms with E-state index in [0.717, 1.165) is 17.8 Å². The molecule has 0 aromatic carbocycles. The van der Waals surface area contributed by atoms with Gasteiger partial charge in [0, 0.05) is 7.05 Å². The molecule has 2 aromatic rings. The highest BCUT2D eigenvalue weighted by Crippen LogP contribution is 2.16. The molecule has 14 heavy (non-hydrogen) atoms. The van der Waals surface area contributed by atoms with Gasteiger partial charge < -0.3 is 4.57 Å². The number of aldehydes is 1. The number of H-pyrrole nitrogens is 1. The van der Waals surface area contributed by atoms with Crippen molar-refractivity contribution < 1.29 is 4.79 Å². The van der Waals surface area contributed by atoms with Crippen LogP contribution in [0.1, 0.15) is 16.3 Å². The fourth-order valence-electron chi connectivity index (χ4n) is 1.33. The Hall–Kier alpha value is -1.91. The lowest BCUT2D eigenvalue weighted by molar-refractivity contribution is 0.111. The molecule has 72 valence electrons. The maximum absolute atomic E-state index is 10.6. The van der Waals surface area contributed by atoms with Gasteiger partial charge in [-0.1, -0.05) is 0 Å². The van der Waals surface area contributed by atoms with Gasteiger partial charge in [-0.25, -0.2) is 4.98 Å². The van der Waals surface area contributed by atoms with Crippen LogP contribution in [0.4, 0.5) is 0 Å². The van der Waals surface area contributed by atoms with E-state index >= 15 is 0 Å². The average Bonchev–Trinajstić information content (AvgIpc) is 2.72. The number of aromatic amines is 1. The highest BCUT2D eigenvalue weighted by molar-refractivity contribution is 5.75. The SMILES string of the molecule is Cc1nc(-c2ccc(C=O)n2C)n[nH]1. The molecule has 2 aromatic heterocycles. The number of hydrogen-bond donors (Lipinski definition) is 1. The van der Waals surface area contributed by atoms with Gasteiger partial charge in [0.1, 0.15) is 5.82 Å². The third kappa shape index (κ3) is 1.22. The molecule has 0 radical (unpaired) electrons. The lowest BCUT2D eigenvalue weighted by atomic mass is 10.4. The Labute approximate surface area is 80.8 Å². The molecule has 2 rings (SSSR count). The Morgan fingerprint density at radius 2 is 2.29 bits per heavy atom. The van der Waals surface area contributed by atoms with E-state index in [9.17, 15) is 4.79 Å². The summed E-state index contributed by atoms with van der Waals surface area (Å²) in [4.78, 5) is 14.8. The monoisotopic (exact) mass is 190 g/mol. The average molecular weight is 190 g/mol. The summed E-state index contributed by atoms with van der Waals surface area (Å²) in [6, 6.07) is 3.57. The third-order valence-corrected chi connectivity index (χ3v) is 2.11. The molecule has 1 N–H and O–H groups in total. The number of rotatable bonds is 2. The Kier molecular flexibility index (Phi) is 1.92. The van der Waals surface area contributed by atoms with Crippen molar-refractivity contribution in [2.24, 2.45) is 7.05 Å². The van der Waals surface area contributed by atoms with Gasteiger partial charge in [-0.05, 0) is 19.1 Å². The first-order chi connectivity index (χ1) is 6.72. The second-order valence-corrected chi connectivity index (χ2v) is 3.06. The van der Waals surface area contributed by atoms with Gasteiger partial charge in [0.05, 0.1) is 11.4 Å². The zero-order valence-corrected chi connectivity index (χ0v) is 7.98. The zero-order chi connectivity index (χ0) is 10.1. The normalized spacial score (nSPS) is 10.4. The summed E-state index contributed by atoms with van der Waals surface area (Å²) in [6.45, 7) is 1.83. The summed E-state index contributed by atoms with van der Waals surface area (Å²) in [5.41, 5.74) is 1.44. The fraction of sp³-hybridized carbons (Fsp3) is 0.222. The fourth-order valence-corrected chi connectivity index (χ4v) is 1.33. The molecule has 0 atom stereocenters. The molecule has 0 spiro atoms. The topological polar surface area (TPSA) is 63.6 Å². The van der Waals surface area contributed by atoms with Crippen LogP contribution in [0.2, 0.25) is 0 Å². The van der Waals surface area contributed by atoms with Crippen molar-refractivity contribution >= 4 is 6.29 Å². The van der Waals surface area contributed by atoms with E-state index in [-0.39, 0.29) is 0 Å². The molecule has 5 nitrogen and oxygen atoms in total. The van der Waals surface area contributed by atoms with E-state index in [1.54, 1.807) is 10.6 Å². The number of nitrogens with zero attached hydrogens (tertiary/aromatic N) is 3. The van der Waals surface area contributed by atoms with Crippen molar-refractivity contribution in [2.45, 2.75) is 6.92 Å². The van der Waals surface area contributed by atoms with E-state index in [4.69, 9.17) is 0 Å². The second-order valence-electron chi connectivity index (χ2n) is 3.06. The quantitative estimate of drug-likeness (QED) is 0.716. The van der Waals surface area contributed by atoms with Crippen molar-refractivity contribution in [1.82, 2.24) is 19.7 Å². The molecule has 0 bridgehead atoms. The molecule has 0 amide bonds. The van der Waals surface area contributed by atoms with Crippen LogP contribution in [-0.2, 0) is 7.05 Å². The van der Waals surface area contributed by atoms with Gasteiger partial charge >= 0.3 is 0 Å². The van der Waals surface area contributed by atoms with Crippen LogP contribution in [0.25, 0.3) is 11.5 Å². The summed E-state index contributed by atoms with van der Waals surface area (Å²) in [6.07, 6.45) is 0.809. The minimum Gasteiger partial charge on any atom is -0.339 e. The van der Waals surface area contributed by atoms with E-state index in [1.165, 1.54) is 0 Å². The maximum Gasteiger partial charge on any atom is 0.197 e. The summed E-state index contributed by atoms with van der Waals surface area (Å²) in [7, 11) is 1.81. The first kappa shape index (κ1) is 8.68. The molecular formula is C9H10N4O. The largest absolute Gasteiger partial charge is 0.339 e. The van der Waals surface area contributed by atoms with Crippen LogP contribution in [-0.4, -0.2) is 26.0 Å². The minimum atomic E-state index is 0.609. The summed E-state index contributed by atoms with van der Waals surface area (Å²) in [5, 5.41) is 6.78. The number of carbonyl (C=O) groups excluding carboxylic acids is 1. The Bertz CT molecular complexity index is 469. The van der Waals surface area contributed by atoms with Gasteiger partial charge in [0.2, 0.25) is 0 Å². The molecule has 0 fully saturated rings. The van der Waals surface area contributed by atoms with Crippen LogP contribution in [0.5, 0.6) is 0 Å². The van der Waals surface area contributed by atoms with Crippen molar-refractivity contribution in [1.29, 1.82) is 0 Å². The third-order valence-electron chi connectivity index (χ3n) is 2.11. The van der Waals surface area contributed by atoms with Gasteiger partial charge in [-0.3, -0.25) is 9.89 Å². The predicted molar refractivity (Wildman–Crippen MR) is 50.9 cm³/mol. The van der Waals surface area contributed by atoms with Crippen molar-refractivity contribution in [3.8, 4) is 11.5 Å². The lowest BCUT2D eigenvalue weighted by Gasteiger charge is -1.98. The van der Waals surface area contributed by atoms with E-state index < -0.39 is 0 Å². The highest BCUT2D eigenvalue weighted by Gasteiger charge is 2.09. The van der Waals surface area contributed by atoms with Crippen LogP contribution >= 0.6 is 0 Å². The molecule has 0 unspecified atom stereocenters. The number of nitrogens with one attached hydrogen (secondary N) is 1. The van der Waals surface area contributed by atoms with Crippen molar-refractivity contribution in [2.75, 3.05) is 0 Å². The molecule has 0 saturated carbocycles. The molecular weight excluding hydrogens is 180 g/mol. The summed E-state index contributed by atoms with van der Waals surface area (Å²) in [5.74, 6) is 1.37. The van der Waals surface area contributed by atoms with Crippen LogP contribution in [0.3, 0.4) is 0 Å². The molecule has 0 aliphatic rings. The summed E-state index contributed by atoms with van der Waals surface area (Å²) >= 11 is 0. The second kappa shape index (κ2) is 3.10. The zero-order valence-electron chi connectivity index (χ0n) is 7.98. The Morgan fingerprint density at radius 3 is 2.79 bits per heavy atom. The predicted octanol–water partition coefficient (Wildman–Crippen LogP) is 0.931. The highest BCUT2D eigenvalue weighted by atomic mass is 16.1. The number of aryl methyl sites for hydroxylation is 1. The van der Waals surface area contributed by atoms with Gasteiger partial charge in [-0.15, -0.1) is 0 Å². The maximum atomic E-state index is 10.6. The van der Waals surface area contributed by atoms with Crippen LogP contribution in [0.15, 0.2) is 12.1 Å². The lowest BCUT2D eigenvalue weighted by Crippen LogP contribution is -1.97. The standard InChI is InChI=1S/C9H10N4O/c1-6-10-9(12-11-6)8-4-3-7(5-14)13(8)2/h3-5H,1-2H3,(H,10,11,12). The van der Waals surface area contributed by atoms with Crippen molar-refractivity contribution in [3.05, 3.63) is 23.7 Å². The number of aromatic nitrogens is 4. The van der Waals surface area contributed by atoms with Gasteiger partial charge in [0.15, 0.2) is 12.1 Å². The molecule has 0 aliphatic heterocycles. The first-order valence-electron chi connectivity index (χ1n) is 4.22. The molecule has 0 aliphatic carbocycles. The van der Waals surface area contributed by atoms with E-state index in [0.29, 0.717) is 11.5 Å². The Morgan fingerprint density at radius 1 is 1.50 bits per heavy atom. The minimum absolute atomic E-state index is 0.609. The number of hydrogen-bond acceptors (Lipinski definition) is 3. The number of carbonyl (C=O) groups is 1. The van der Waals surface area contributed by atoms with E-state index in [1.807, 2.05) is 20.0 Å². The van der Waals surface area contributed by atoms with Gasteiger partial charge in [-0.2, -0.15) is 5.10 Å².